The maximum atomic E-state index is 10.7. The molecular formula is C11H16O3S2. The van der Waals surface area contributed by atoms with E-state index >= 15 is 0 Å². The third-order valence-electron chi connectivity index (χ3n) is 2.18. The monoisotopic (exact) mass is 260 g/mol. The summed E-state index contributed by atoms with van der Waals surface area (Å²) in [6.45, 7) is 3.45. The predicted molar refractivity (Wildman–Crippen MR) is 67.8 cm³/mol. The molecule has 0 radical (unpaired) electrons. The van der Waals surface area contributed by atoms with Gasteiger partial charge in [-0.05, 0) is 30.4 Å². The van der Waals surface area contributed by atoms with E-state index in [0.717, 1.165) is 10.4 Å². The Morgan fingerprint density at radius 3 is 2.75 bits per heavy atom. The van der Waals surface area contributed by atoms with Crippen LogP contribution in [0.2, 0.25) is 0 Å². The molecule has 0 fully saturated rings. The van der Waals surface area contributed by atoms with Crippen molar-refractivity contribution in [3.8, 4) is 0 Å². The van der Waals surface area contributed by atoms with Crippen molar-refractivity contribution in [2.45, 2.75) is 32.5 Å². The van der Waals surface area contributed by atoms with Crippen LogP contribution in [0.1, 0.15) is 29.9 Å². The minimum Gasteiger partial charge on any atom is -0.390 e. The molecule has 2 N–H and O–H groups in total. The van der Waals surface area contributed by atoms with Crippen molar-refractivity contribution in [1.82, 2.24) is 0 Å². The number of thiophene rings is 1. The summed E-state index contributed by atoms with van der Waals surface area (Å²) in [5, 5.41) is 21.4. The highest BCUT2D eigenvalue weighted by atomic mass is 32.2. The Kier molecular flexibility index (Phi) is 5.48. The number of aliphatic hydroxyl groups is 2. The van der Waals surface area contributed by atoms with Gasteiger partial charge in [0.15, 0.2) is 5.12 Å². The van der Waals surface area contributed by atoms with Gasteiger partial charge in [-0.15, -0.1) is 11.3 Å². The Balaban J connectivity index is 2.41. The first-order chi connectivity index (χ1) is 7.50. The summed E-state index contributed by atoms with van der Waals surface area (Å²) in [7, 11) is 0. The SMILES string of the molecule is CC(=O)SCCC(O)C(O)c1csc(C)c1. The van der Waals surface area contributed by atoms with Crippen LogP contribution in [0.3, 0.4) is 0 Å². The molecule has 0 aliphatic carbocycles. The zero-order valence-corrected chi connectivity index (χ0v) is 11.0. The second kappa shape index (κ2) is 6.39. The van der Waals surface area contributed by atoms with Crippen LogP contribution in [0, 0.1) is 6.92 Å². The van der Waals surface area contributed by atoms with Gasteiger partial charge in [0.2, 0.25) is 0 Å². The fraction of sp³-hybridized carbons (Fsp3) is 0.545. The van der Waals surface area contributed by atoms with Gasteiger partial charge in [0, 0.05) is 17.6 Å². The number of thioether (sulfide) groups is 1. The molecule has 2 unspecified atom stereocenters. The Morgan fingerprint density at radius 1 is 1.56 bits per heavy atom. The number of hydrogen-bond donors (Lipinski definition) is 2. The van der Waals surface area contributed by atoms with E-state index in [1.807, 2.05) is 18.4 Å². The molecule has 5 heteroatoms. The minimum absolute atomic E-state index is 0.0352. The lowest BCUT2D eigenvalue weighted by atomic mass is 10.1. The molecule has 0 bridgehead atoms. The van der Waals surface area contributed by atoms with E-state index in [2.05, 4.69) is 0 Å². The van der Waals surface area contributed by atoms with Gasteiger partial charge < -0.3 is 10.2 Å². The molecule has 0 aromatic carbocycles. The predicted octanol–water partition coefficient (Wildman–Crippen LogP) is 2.12. The Morgan fingerprint density at radius 2 is 2.25 bits per heavy atom. The third-order valence-corrected chi connectivity index (χ3v) is 3.90. The number of aryl methyl sites for hydroxylation is 1. The largest absolute Gasteiger partial charge is 0.390 e. The van der Waals surface area contributed by atoms with Crippen LogP contribution in [0.5, 0.6) is 0 Å². The van der Waals surface area contributed by atoms with Gasteiger partial charge >= 0.3 is 0 Å². The van der Waals surface area contributed by atoms with Crippen molar-refractivity contribution in [3.63, 3.8) is 0 Å². The van der Waals surface area contributed by atoms with E-state index < -0.39 is 12.2 Å². The highest BCUT2D eigenvalue weighted by molar-refractivity contribution is 8.13. The number of rotatable bonds is 5. The highest BCUT2D eigenvalue weighted by Gasteiger charge is 2.19. The number of aliphatic hydroxyl groups excluding tert-OH is 2. The van der Waals surface area contributed by atoms with Crippen LogP contribution >= 0.6 is 23.1 Å². The van der Waals surface area contributed by atoms with Crippen molar-refractivity contribution in [1.29, 1.82) is 0 Å². The molecule has 1 rings (SSSR count). The highest BCUT2D eigenvalue weighted by Crippen LogP contribution is 2.24. The Labute approximate surface area is 103 Å². The van der Waals surface area contributed by atoms with E-state index in [-0.39, 0.29) is 5.12 Å². The number of carbonyl (C=O) groups excluding carboxylic acids is 1. The molecule has 1 aromatic rings. The van der Waals surface area contributed by atoms with Gasteiger partial charge in [-0.3, -0.25) is 4.79 Å². The van der Waals surface area contributed by atoms with Gasteiger partial charge in [-0.25, -0.2) is 0 Å². The maximum Gasteiger partial charge on any atom is 0.185 e. The summed E-state index contributed by atoms with van der Waals surface area (Å²) in [5.41, 5.74) is 0.753. The second-order valence-corrected chi connectivity index (χ2v) is 6.02. The second-order valence-electron chi connectivity index (χ2n) is 3.63. The maximum absolute atomic E-state index is 10.7. The molecule has 0 amide bonds. The first-order valence-corrected chi connectivity index (χ1v) is 6.91. The molecule has 2 atom stereocenters. The normalized spacial score (nSPS) is 14.8. The smallest absolute Gasteiger partial charge is 0.185 e. The molecule has 0 aliphatic heterocycles. The van der Waals surface area contributed by atoms with Gasteiger partial charge in [0.1, 0.15) is 6.10 Å². The molecule has 1 aromatic heterocycles. The lowest BCUT2D eigenvalue weighted by Crippen LogP contribution is -2.18. The third kappa shape index (κ3) is 4.25. The van der Waals surface area contributed by atoms with E-state index in [4.69, 9.17) is 0 Å². The van der Waals surface area contributed by atoms with Crippen molar-refractivity contribution in [2.24, 2.45) is 0 Å². The van der Waals surface area contributed by atoms with Gasteiger partial charge in [0.05, 0.1) is 6.10 Å². The van der Waals surface area contributed by atoms with Gasteiger partial charge in [-0.1, -0.05) is 11.8 Å². The summed E-state index contributed by atoms with van der Waals surface area (Å²) < 4.78 is 0. The van der Waals surface area contributed by atoms with Crippen molar-refractivity contribution in [3.05, 3.63) is 21.9 Å². The van der Waals surface area contributed by atoms with E-state index in [0.29, 0.717) is 12.2 Å². The molecule has 0 spiro atoms. The summed E-state index contributed by atoms with van der Waals surface area (Å²) in [4.78, 5) is 11.8. The summed E-state index contributed by atoms with van der Waals surface area (Å²) in [5.74, 6) is 0.538. The van der Waals surface area contributed by atoms with Crippen molar-refractivity contribution < 1.29 is 15.0 Å². The first kappa shape index (κ1) is 13.7. The van der Waals surface area contributed by atoms with E-state index in [1.54, 1.807) is 11.3 Å². The van der Waals surface area contributed by atoms with Crippen molar-refractivity contribution >= 4 is 28.2 Å². The molecular weight excluding hydrogens is 244 g/mol. The molecule has 0 saturated carbocycles. The number of hydrogen-bond acceptors (Lipinski definition) is 5. The van der Waals surface area contributed by atoms with E-state index in [1.165, 1.54) is 18.7 Å². The van der Waals surface area contributed by atoms with Gasteiger partial charge in [0.25, 0.3) is 0 Å². The average molecular weight is 260 g/mol. The quantitative estimate of drug-likeness (QED) is 0.851. The standard InChI is InChI=1S/C11H16O3S2/c1-7-5-9(6-16-7)11(14)10(13)3-4-15-8(2)12/h5-6,10-11,13-14H,3-4H2,1-2H3. The van der Waals surface area contributed by atoms with Crippen LogP contribution in [-0.4, -0.2) is 27.2 Å². The number of carbonyl (C=O) groups is 1. The molecule has 16 heavy (non-hydrogen) atoms. The lowest BCUT2D eigenvalue weighted by molar-refractivity contribution is -0.109. The molecule has 0 aliphatic rings. The summed E-state index contributed by atoms with van der Waals surface area (Å²) in [6, 6.07) is 1.87. The van der Waals surface area contributed by atoms with Crippen molar-refractivity contribution in [2.75, 3.05) is 5.75 Å². The first-order valence-electron chi connectivity index (χ1n) is 5.05. The summed E-state index contributed by atoms with van der Waals surface area (Å²) >= 11 is 2.72. The summed E-state index contributed by atoms with van der Waals surface area (Å²) in [6.07, 6.45) is -1.24. The fourth-order valence-corrected chi connectivity index (χ4v) is 2.70. The average Bonchev–Trinajstić information content (AvgIpc) is 2.63. The molecule has 3 nitrogen and oxygen atoms in total. The lowest BCUT2D eigenvalue weighted by Gasteiger charge is -2.16. The topological polar surface area (TPSA) is 57.5 Å². The van der Waals surface area contributed by atoms with Crippen LogP contribution < -0.4 is 0 Å². The molecule has 0 saturated heterocycles. The molecule has 1 heterocycles. The minimum atomic E-state index is -0.850. The molecule has 90 valence electrons. The van der Waals surface area contributed by atoms with Crippen LogP contribution in [0.15, 0.2) is 11.4 Å². The van der Waals surface area contributed by atoms with Crippen LogP contribution in [0.4, 0.5) is 0 Å². The van der Waals surface area contributed by atoms with Gasteiger partial charge in [-0.2, -0.15) is 0 Å². The zero-order chi connectivity index (χ0) is 12.1. The Bertz CT molecular complexity index is 349. The Hall–Kier alpha value is -0.360. The van der Waals surface area contributed by atoms with E-state index in [9.17, 15) is 15.0 Å². The fourth-order valence-electron chi connectivity index (χ4n) is 1.32. The van der Waals surface area contributed by atoms with Crippen LogP contribution in [-0.2, 0) is 4.79 Å². The zero-order valence-electron chi connectivity index (χ0n) is 9.34. The van der Waals surface area contributed by atoms with Crippen LogP contribution in [0.25, 0.3) is 0 Å².